The van der Waals surface area contributed by atoms with Gasteiger partial charge in [0, 0.05) is 17.7 Å². The summed E-state index contributed by atoms with van der Waals surface area (Å²) in [4.78, 5) is 8.23. The predicted molar refractivity (Wildman–Crippen MR) is 76.7 cm³/mol. The molecular weight excluding hydrogens is 367 g/mol. The van der Waals surface area contributed by atoms with Crippen molar-refractivity contribution in [2.75, 3.05) is 17.7 Å². The number of nitrogens with zero attached hydrogens (tertiary/aromatic N) is 2. The third-order valence-corrected chi connectivity index (χ3v) is 3.42. The number of hydrogen-bond donors (Lipinski definition) is 2. The molecule has 2 aromatic rings. The lowest BCUT2D eigenvalue weighted by Crippen LogP contribution is -2.02. The van der Waals surface area contributed by atoms with Gasteiger partial charge in [-0.25, -0.2) is 9.37 Å². The average Bonchev–Trinajstić information content (AvgIpc) is 2.36. The lowest BCUT2D eigenvalue weighted by molar-refractivity contribution is 0.631. The van der Waals surface area contributed by atoms with Crippen molar-refractivity contribution in [3.8, 4) is 0 Å². The Morgan fingerprint density at radius 1 is 1.22 bits per heavy atom. The van der Waals surface area contributed by atoms with Gasteiger partial charge in [-0.2, -0.15) is 4.98 Å². The molecule has 2 N–H and O–H groups in total. The molecule has 0 atom stereocenters. The Hall–Kier alpha value is -1.21. The molecule has 4 nitrogen and oxygen atoms in total. The second-order valence-electron chi connectivity index (χ2n) is 3.36. The second kappa shape index (κ2) is 5.62. The molecule has 18 heavy (non-hydrogen) atoms. The summed E-state index contributed by atoms with van der Waals surface area (Å²) < 4.78 is 15.0. The molecule has 0 aliphatic carbocycles. The van der Waals surface area contributed by atoms with E-state index in [1.807, 2.05) is 0 Å². The van der Waals surface area contributed by atoms with E-state index in [0.29, 0.717) is 26.4 Å². The molecule has 2 rings (SSSR count). The van der Waals surface area contributed by atoms with Crippen molar-refractivity contribution < 1.29 is 4.39 Å². The van der Waals surface area contributed by atoms with Gasteiger partial charge in [0.15, 0.2) is 0 Å². The predicted octanol–water partition coefficient (Wildman–Crippen LogP) is 3.93. The van der Waals surface area contributed by atoms with E-state index in [0.717, 1.165) is 0 Å². The largest absolute Gasteiger partial charge is 0.357 e. The van der Waals surface area contributed by atoms with Gasteiger partial charge in [-0.05, 0) is 44.0 Å². The number of benzene rings is 1. The summed E-state index contributed by atoms with van der Waals surface area (Å²) in [5, 5.41) is 5.74. The van der Waals surface area contributed by atoms with Gasteiger partial charge in [-0.1, -0.05) is 6.07 Å². The Kier molecular flexibility index (Phi) is 4.13. The Morgan fingerprint density at radius 2 is 2.00 bits per heavy atom. The molecule has 0 fully saturated rings. The smallest absolute Gasteiger partial charge is 0.224 e. The molecule has 94 valence electrons. The third-order valence-electron chi connectivity index (χ3n) is 2.17. The fourth-order valence-electron chi connectivity index (χ4n) is 1.31. The van der Waals surface area contributed by atoms with E-state index in [-0.39, 0.29) is 5.82 Å². The van der Waals surface area contributed by atoms with Crippen molar-refractivity contribution >= 4 is 49.3 Å². The zero-order chi connectivity index (χ0) is 13.1. The van der Waals surface area contributed by atoms with Gasteiger partial charge in [0.2, 0.25) is 5.95 Å². The van der Waals surface area contributed by atoms with E-state index in [4.69, 9.17) is 0 Å². The van der Waals surface area contributed by atoms with Gasteiger partial charge >= 0.3 is 0 Å². The van der Waals surface area contributed by atoms with Crippen LogP contribution in [-0.2, 0) is 0 Å². The van der Waals surface area contributed by atoms with Crippen LogP contribution in [0.2, 0.25) is 0 Å². The monoisotopic (exact) mass is 374 g/mol. The van der Waals surface area contributed by atoms with Gasteiger partial charge in [0.25, 0.3) is 0 Å². The maximum absolute atomic E-state index is 13.7. The molecule has 0 amide bonds. The number of halogens is 3. The first kappa shape index (κ1) is 13.2. The quantitative estimate of drug-likeness (QED) is 0.853. The van der Waals surface area contributed by atoms with Crippen molar-refractivity contribution in [2.24, 2.45) is 0 Å². The molecule has 0 aliphatic rings. The van der Waals surface area contributed by atoms with Crippen LogP contribution in [0.25, 0.3) is 0 Å². The summed E-state index contributed by atoms with van der Waals surface area (Å²) in [6, 6.07) is 4.75. The van der Waals surface area contributed by atoms with E-state index in [9.17, 15) is 4.39 Å². The molecule has 0 spiro atoms. The van der Waals surface area contributed by atoms with Gasteiger partial charge in [-0.15, -0.1) is 0 Å². The Morgan fingerprint density at radius 3 is 2.67 bits per heavy atom. The lowest BCUT2D eigenvalue weighted by Gasteiger charge is -2.11. The Balaban J connectivity index is 2.39. The topological polar surface area (TPSA) is 49.8 Å². The number of anilines is 3. The molecule has 1 heterocycles. The van der Waals surface area contributed by atoms with Crippen molar-refractivity contribution in [3.05, 3.63) is 39.2 Å². The van der Waals surface area contributed by atoms with Gasteiger partial charge < -0.3 is 10.6 Å². The van der Waals surface area contributed by atoms with Crippen LogP contribution in [0.4, 0.5) is 21.8 Å². The summed E-state index contributed by atoms with van der Waals surface area (Å²) in [7, 11) is 1.71. The average molecular weight is 376 g/mol. The Labute approximate surface area is 120 Å². The molecule has 0 unspecified atom stereocenters. The van der Waals surface area contributed by atoms with E-state index in [2.05, 4.69) is 52.5 Å². The summed E-state index contributed by atoms with van der Waals surface area (Å²) in [5.74, 6) is 0.578. The standard InChI is InChI=1S/C11H9Br2FN4/c1-15-11-16-5-7(13)10(18-11)17-9-6(12)3-2-4-8(9)14/h2-5H,1H3,(H2,15,16,17,18). The summed E-state index contributed by atoms with van der Waals surface area (Å²) in [6.45, 7) is 0. The first-order valence-electron chi connectivity index (χ1n) is 5.03. The fraction of sp³-hybridized carbons (Fsp3) is 0.0909. The van der Waals surface area contributed by atoms with Crippen molar-refractivity contribution in [3.63, 3.8) is 0 Å². The molecule has 1 aromatic heterocycles. The molecule has 0 aliphatic heterocycles. The highest BCUT2D eigenvalue weighted by atomic mass is 79.9. The van der Waals surface area contributed by atoms with Crippen LogP contribution in [0, 0.1) is 5.82 Å². The van der Waals surface area contributed by atoms with Gasteiger partial charge in [-0.3, -0.25) is 0 Å². The van der Waals surface area contributed by atoms with Gasteiger partial charge in [0.05, 0.1) is 10.2 Å². The minimum absolute atomic E-state index is 0.332. The maximum Gasteiger partial charge on any atom is 0.224 e. The molecule has 0 saturated heterocycles. The van der Waals surface area contributed by atoms with Crippen LogP contribution < -0.4 is 10.6 Å². The fourth-order valence-corrected chi connectivity index (χ4v) is 2.04. The maximum atomic E-state index is 13.7. The first-order chi connectivity index (χ1) is 8.61. The normalized spacial score (nSPS) is 10.2. The lowest BCUT2D eigenvalue weighted by atomic mass is 10.3. The third kappa shape index (κ3) is 2.78. The van der Waals surface area contributed by atoms with Gasteiger partial charge in [0.1, 0.15) is 11.6 Å². The number of aromatic nitrogens is 2. The highest BCUT2D eigenvalue weighted by molar-refractivity contribution is 9.11. The number of nitrogens with one attached hydrogen (secondary N) is 2. The van der Waals surface area contributed by atoms with E-state index in [1.54, 1.807) is 25.4 Å². The zero-order valence-electron chi connectivity index (χ0n) is 9.34. The molecule has 0 saturated carbocycles. The van der Waals surface area contributed by atoms with E-state index < -0.39 is 0 Å². The van der Waals surface area contributed by atoms with Crippen LogP contribution in [0.1, 0.15) is 0 Å². The summed E-state index contributed by atoms with van der Waals surface area (Å²) in [5.41, 5.74) is 0.332. The molecular formula is C11H9Br2FN4. The molecule has 7 heteroatoms. The van der Waals surface area contributed by atoms with Crippen LogP contribution in [0.5, 0.6) is 0 Å². The van der Waals surface area contributed by atoms with E-state index in [1.165, 1.54) is 6.07 Å². The minimum Gasteiger partial charge on any atom is -0.357 e. The van der Waals surface area contributed by atoms with Crippen LogP contribution in [0.3, 0.4) is 0 Å². The Bertz CT molecular complexity index is 557. The van der Waals surface area contributed by atoms with Crippen LogP contribution in [-0.4, -0.2) is 17.0 Å². The SMILES string of the molecule is CNc1ncc(Br)c(Nc2c(F)cccc2Br)n1. The van der Waals surface area contributed by atoms with Crippen LogP contribution in [0.15, 0.2) is 33.3 Å². The number of hydrogen-bond acceptors (Lipinski definition) is 4. The summed E-state index contributed by atoms with van der Waals surface area (Å²) in [6.07, 6.45) is 1.59. The van der Waals surface area contributed by atoms with Crippen LogP contribution >= 0.6 is 31.9 Å². The minimum atomic E-state index is -0.360. The molecule has 0 bridgehead atoms. The second-order valence-corrected chi connectivity index (χ2v) is 5.07. The zero-order valence-corrected chi connectivity index (χ0v) is 12.5. The van der Waals surface area contributed by atoms with E-state index >= 15 is 0 Å². The highest BCUT2D eigenvalue weighted by Gasteiger charge is 2.10. The van der Waals surface area contributed by atoms with Crippen molar-refractivity contribution in [1.29, 1.82) is 0 Å². The molecule has 1 aromatic carbocycles. The molecule has 0 radical (unpaired) electrons. The van der Waals surface area contributed by atoms with Crippen molar-refractivity contribution in [1.82, 2.24) is 9.97 Å². The number of para-hydroxylation sites is 1. The number of rotatable bonds is 3. The van der Waals surface area contributed by atoms with Crippen molar-refractivity contribution in [2.45, 2.75) is 0 Å². The first-order valence-corrected chi connectivity index (χ1v) is 6.61. The highest BCUT2D eigenvalue weighted by Crippen LogP contribution is 2.30. The summed E-state index contributed by atoms with van der Waals surface area (Å²) >= 11 is 6.60.